The van der Waals surface area contributed by atoms with Crippen molar-refractivity contribution in [2.75, 3.05) is 6.54 Å². The van der Waals surface area contributed by atoms with E-state index in [4.69, 9.17) is 0 Å². The van der Waals surface area contributed by atoms with Gasteiger partial charge in [-0.3, -0.25) is 14.4 Å². The maximum atomic E-state index is 13.7. The molecule has 2 aromatic rings. The van der Waals surface area contributed by atoms with Gasteiger partial charge in [0.1, 0.15) is 5.54 Å². The lowest BCUT2D eigenvalue weighted by molar-refractivity contribution is -0.151. The SMILES string of the molecule is O=C(NCC(=O)N(Cc1cccs1)C1(C(=O)NC2CCCC2)CCCCC1)c1ccccc1. The Labute approximate surface area is 199 Å². The molecule has 2 saturated carbocycles. The second-order valence-electron chi connectivity index (χ2n) is 9.16. The van der Waals surface area contributed by atoms with E-state index < -0.39 is 5.54 Å². The molecule has 0 unspecified atom stereocenters. The van der Waals surface area contributed by atoms with E-state index in [-0.39, 0.29) is 30.3 Å². The highest BCUT2D eigenvalue weighted by Crippen LogP contribution is 2.36. The number of thiophene rings is 1. The molecule has 0 bridgehead atoms. The average Bonchev–Trinajstić information content (AvgIpc) is 3.56. The Kier molecular flexibility index (Phi) is 7.81. The van der Waals surface area contributed by atoms with E-state index in [0.29, 0.717) is 24.9 Å². The van der Waals surface area contributed by atoms with Gasteiger partial charge in [0.05, 0.1) is 13.1 Å². The zero-order chi connectivity index (χ0) is 23.1. The first kappa shape index (κ1) is 23.5. The summed E-state index contributed by atoms with van der Waals surface area (Å²) < 4.78 is 0. The Bertz CT molecular complexity index is 933. The highest BCUT2D eigenvalue weighted by atomic mass is 32.1. The molecular formula is C26H33N3O3S. The molecule has 33 heavy (non-hydrogen) atoms. The molecule has 0 aliphatic heterocycles. The van der Waals surface area contributed by atoms with Gasteiger partial charge in [0.25, 0.3) is 5.91 Å². The number of rotatable bonds is 8. The van der Waals surface area contributed by atoms with Crippen LogP contribution in [0, 0.1) is 0 Å². The molecule has 2 aliphatic carbocycles. The van der Waals surface area contributed by atoms with Crippen LogP contribution in [0.15, 0.2) is 47.8 Å². The fourth-order valence-corrected chi connectivity index (χ4v) is 5.82. The Morgan fingerprint density at radius 2 is 1.67 bits per heavy atom. The minimum Gasteiger partial charge on any atom is -0.351 e. The first-order chi connectivity index (χ1) is 16.1. The van der Waals surface area contributed by atoms with Crippen LogP contribution in [0.4, 0.5) is 0 Å². The van der Waals surface area contributed by atoms with E-state index in [1.54, 1.807) is 40.5 Å². The second kappa shape index (κ2) is 11.0. The van der Waals surface area contributed by atoms with Crippen LogP contribution in [-0.2, 0) is 16.1 Å². The minimum atomic E-state index is -0.862. The van der Waals surface area contributed by atoms with Gasteiger partial charge in [-0.25, -0.2) is 0 Å². The molecule has 0 saturated heterocycles. The van der Waals surface area contributed by atoms with Crippen molar-refractivity contribution in [2.45, 2.75) is 75.9 Å². The maximum absolute atomic E-state index is 13.7. The summed E-state index contributed by atoms with van der Waals surface area (Å²) >= 11 is 1.58. The average molecular weight is 468 g/mol. The van der Waals surface area contributed by atoms with Crippen LogP contribution < -0.4 is 10.6 Å². The number of amides is 3. The van der Waals surface area contributed by atoms with Gasteiger partial charge in [0, 0.05) is 16.5 Å². The van der Waals surface area contributed by atoms with E-state index in [1.165, 1.54) is 0 Å². The summed E-state index contributed by atoms with van der Waals surface area (Å²) in [5.74, 6) is -0.516. The van der Waals surface area contributed by atoms with E-state index in [0.717, 1.165) is 49.8 Å². The van der Waals surface area contributed by atoms with Gasteiger partial charge >= 0.3 is 0 Å². The van der Waals surface area contributed by atoms with E-state index in [2.05, 4.69) is 10.6 Å². The minimum absolute atomic E-state index is 0.0200. The zero-order valence-electron chi connectivity index (χ0n) is 19.1. The third-order valence-electron chi connectivity index (χ3n) is 6.94. The number of benzene rings is 1. The van der Waals surface area contributed by atoms with Crippen LogP contribution in [0.2, 0.25) is 0 Å². The molecule has 3 amide bonds. The molecule has 1 aromatic heterocycles. The van der Waals surface area contributed by atoms with E-state index in [1.807, 2.05) is 23.6 Å². The summed E-state index contributed by atoms with van der Waals surface area (Å²) in [4.78, 5) is 42.7. The topological polar surface area (TPSA) is 78.5 Å². The number of carbonyl (C=O) groups is 3. The van der Waals surface area contributed by atoms with Crippen molar-refractivity contribution in [2.24, 2.45) is 0 Å². The van der Waals surface area contributed by atoms with Crippen LogP contribution >= 0.6 is 11.3 Å². The monoisotopic (exact) mass is 467 g/mol. The molecule has 6 nitrogen and oxygen atoms in total. The van der Waals surface area contributed by atoms with Crippen molar-refractivity contribution >= 4 is 29.1 Å². The summed E-state index contributed by atoms with van der Waals surface area (Å²) in [6.07, 6.45) is 8.53. The van der Waals surface area contributed by atoms with Crippen molar-refractivity contribution in [3.05, 3.63) is 58.3 Å². The molecule has 4 rings (SSSR count). The highest BCUT2D eigenvalue weighted by molar-refractivity contribution is 7.09. The summed E-state index contributed by atoms with van der Waals surface area (Å²) in [7, 11) is 0. The second-order valence-corrected chi connectivity index (χ2v) is 10.2. The van der Waals surface area contributed by atoms with Crippen molar-refractivity contribution in [1.29, 1.82) is 0 Å². The van der Waals surface area contributed by atoms with Crippen molar-refractivity contribution in [3.8, 4) is 0 Å². The number of hydrogen-bond donors (Lipinski definition) is 2. The molecule has 0 radical (unpaired) electrons. The number of carbonyl (C=O) groups excluding carboxylic acids is 3. The maximum Gasteiger partial charge on any atom is 0.251 e. The Morgan fingerprint density at radius 3 is 2.33 bits per heavy atom. The summed E-state index contributed by atoms with van der Waals surface area (Å²) in [6, 6.07) is 13.1. The zero-order valence-corrected chi connectivity index (χ0v) is 19.9. The molecule has 2 N–H and O–H groups in total. The molecule has 1 aromatic carbocycles. The van der Waals surface area contributed by atoms with Crippen LogP contribution in [0.1, 0.15) is 73.0 Å². The molecule has 176 valence electrons. The molecule has 2 aliphatic rings. The van der Waals surface area contributed by atoms with Gasteiger partial charge < -0.3 is 15.5 Å². The lowest BCUT2D eigenvalue weighted by Crippen LogP contribution is -2.63. The largest absolute Gasteiger partial charge is 0.351 e. The Morgan fingerprint density at radius 1 is 0.939 bits per heavy atom. The predicted octanol–water partition coefficient (Wildman–Crippen LogP) is 4.27. The van der Waals surface area contributed by atoms with E-state index in [9.17, 15) is 14.4 Å². The van der Waals surface area contributed by atoms with Crippen molar-refractivity contribution < 1.29 is 14.4 Å². The summed E-state index contributed by atoms with van der Waals surface area (Å²) in [5.41, 5.74) is -0.346. The van der Waals surface area contributed by atoms with Gasteiger partial charge in [0.15, 0.2) is 0 Å². The number of nitrogens with one attached hydrogen (secondary N) is 2. The fourth-order valence-electron chi connectivity index (χ4n) is 5.13. The van der Waals surface area contributed by atoms with Crippen molar-refractivity contribution in [1.82, 2.24) is 15.5 Å². The number of nitrogens with zero attached hydrogens (tertiary/aromatic N) is 1. The van der Waals surface area contributed by atoms with Gasteiger partial charge in [-0.1, -0.05) is 56.4 Å². The Hall–Kier alpha value is -2.67. The molecule has 0 atom stereocenters. The van der Waals surface area contributed by atoms with Gasteiger partial charge in [-0.05, 0) is 49.3 Å². The van der Waals surface area contributed by atoms with Gasteiger partial charge in [0.2, 0.25) is 11.8 Å². The standard InChI is InChI=1S/C26H33N3O3S/c30-23(18-27-24(31)20-10-3-1-4-11-20)29(19-22-14-9-17-33-22)26(15-7-2-8-16-26)25(32)28-21-12-5-6-13-21/h1,3-4,9-11,14,17,21H,2,5-8,12-13,15-16,18-19H2,(H,27,31)(H,28,32). The highest BCUT2D eigenvalue weighted by Gasteiger charge is 2.47. The van der Waals surface area contributed by atoms with Crippen LogP contribution in [-0.4, -0.2) is 40.7 Å². The molecular weight excluding hydrogens is 434 g/mol. The van der Waals surface area contributed by atoms with Crippen LogP contribution in [0.3, 0.4) is 0 Å². The Balaban J connectivity index is 1.55. The van der Waals surface area contributed by atoms with E-state index >= 15 is 0 Å². The molecule has 7 heteroatoms. The smallest absolute Gasteiger partial charge is 0.251 e. The first-order valence-corrected chi connectivity index (χ1v) is 12.9. The van der Waals surface area contributed by atoms with Gasteiger partial charge in [-0.15, -0.1) is 11.3 Å². The lowest BCUT2D eigenvalue weighted by atomic mass is 9.78. The third kappa shape index (κ3) is 5.64. The molecule has 0 spiro atoms. The predicted molar refractivity (Wildman–Crippen MR) is 130 cm³/mol. The van der Waals surface area contributed by atoms with Gasteiger partial charge in [-0.2, -0.15) is 0 Å². The number of hydrogen-bond acceptors (Lipinski definition) is 4. The normalized spacial score (nSPS) is 17.9. The molecule has 2 fully saturated rings. The lowest BCUT2D eigenvalue weighted by Gasteiger charge is -2.45. The molecule has 1 heterocycles. The summed E-state index contributed by atoms with van der Waals surface area (Å²) in [5, 5.41) is 8.03. The van der Waals surface area contributed by atoms with Crippen molar-refractivity contribution in [3.63, 3.8) is 0 Å². The fraction of sp³-hybridized carbons (Fsp3) is 0.500. The quantitative estimate of drug-likeness (QED) is 0.609. The summed E-state index contributed by atoms with van der Waals surface area (Å²) in [6.45, 7) is 0.257. The van der Waals surface area contributed by atoms with Crippen LogP contribution in [0.25, 0.3) is 0 Å². The van der Waals surface area contributed by atoms with Crippen LogP contribution in [0.5, 0.6) is 0 Å². The third-order valence-corrected chi connectivity index (χ3v) is 7.80. The first-order valence-electron chi connectivity index (χ1n) is 12.1.